The molecular formula is C19H16BrNO3. The standard InChI is InChI=1S/C19H16BrNO3/c20-16-12-8-13-15(19(23)24-17(13)16)14(12)18(22)21-11-6-5-9-3-1-2-4-10(9)7-11/h1-7,12-17H,8H2,(H,21,22)/t12-,13-,14-,15+,16-,17+/m1/s1. The van der Waals surface area contributed by atoms with Gasteiger partial charge >= 0.3 is 5.97 Å². The second-order valence-electron chi connectivity index (χ2n) is 7.01. The maximum atomic E-state index is 12.9. The van der Waals surface area contributed by atoms with Crippen molar-refractivity contribution in [3.05, 3.63) is 42.5 Å². The minimum Gasteiger partial charge on any atom is -0.461 e. The van der Waals surface area contributed by atoms with Crippen LogP contribution in [0.1, 0.15) is 6.42 Å². The molecule has 2 aromatic carbocycles. The molecule has 2 aliphatic carbocycles. The largest absolute Gasteiger partial charge is 0.461 e. The molecule has 0 aromatic heterocycles. The molecule has 1 heterocycles. The Labute approximate surface area is 147 Å². The fraction of sp³-hybridized carbons (Fsp3) is 0.368. The monoisotopic (exact) mass is 385 g/mol. The second-order valence-corrected chi connectivity index (χ2v) is 8.07. The molecular weight excluding hydrogens is 370 g/mol. The van der Waals surface area contributed by atoms with Crippen LogP contribution in [0.2, 0.25) is 0 Å². The highest BCUT2D eigenvalue weighted by atomic mass is 79.9. The van der Waals surface area contributed by atoms with E-state index in [4.69, 9.17) is 4.74 Å². The van der Waals surface area contributed by atoms with Gasteiger partial charge in [-0.25, -0.2) is 0 Å². The maximum absolute atomic E-state index is 12.9. The molecule has 5 rings (SSSR count). The number of carbonyl (C=O) groups excluding carboxylic acids is 2. The van der Waals surface area contributed by atoms with Gasteiger partial charge in [0.05, 0.1) is 16.7 Å². The molecule has 5 heteroatoms. The molecule has 3 aliphatic rings. The summed E-state index contributed by atoms with van der Waals surface area (Å²) in [5.41, 5.74) is 0.774. The number of hydrogen-bond donors (Lipinski definition) is 1. The van der Waals surface area contributed by atoms with Gasteiger partial charge in [0.15, 0.2) is 0 Å². The first-order valence-electron chi connectivity index (χ1n) is 8.28. The van der Waals surface area contributed by atoms with E-state index in [1.165, 1.54) is 0 Å². The van der Waals surface area contributed by atoms with Gasteiger partial charge in [-0.2, -0.15) is 0 Å². The molecule has 0 radical (unpaired) electrons. The summed E-state index contributed by atoms with van der Waals surface area (Å²) in [5.74, 6) is -0.458. The molecule has 0 unspecified atom stereocenters. The molecule has 2 saturated carbocycles. The smallest absolute Gasteiger partial charge is 0.310 e. The van der Waals surface area contributed by atoms with E-state index in [1.807, 2.05) is 42.5 Å². The lowest BCUT2D eigenvalue weighted by Crippen LogP contribution is -2.40. The number of benzene rings is 2. The molecule has 2 aromatic rings. The Bertz CT molecular complexity index is 867. The van der Waals surface area contributed by atoms with Crippen LogP contribution in [0, 0.1) is 23.7 Å². The summed E-state index contributed by atoms with van der Waals surface area (Å²) >= 11 is 3.65. The molecule has 1 saturated heterocycles. The first-order chi connectivity index (χ1) is 11.6. The van der Waals surface area contributed by atoms with Gasteiger partial charge in [0, 0.05) is 11.6 Å². The average Bonchev–Trinajstić information content (AvgIpc) is 3.19. The van der Waals surface area contributed by atoms with E-state index in [-0.39, 0.29) is 46.5 Å². The van der Waals surface area contributed by atoms with Crippen molar-refractivity contribution >= 4 is 44.3 Å². The number of halogens is 1. The Morgan fingerprint density at radius 3 is 2.75 bits per heavy atom. The number of anilines is 1. The Hall–Kier alpha value is -1.88. The van der Waals surface area contributed by atoms with Gasteiger partial charge in [-0.3, -0.25) is 9.59 Å². The molecule has 24 heavy (non-hydrogen) atoms. The number of fused-ring (bicyclic) bond motifs is 2. The van der Waals surface area contributed by atoms with Crippen molar-refractivity contribution in [3.63, 3.8) is 0 Å². The van der Waals surface area contributed by atoms with E-state index < -0.39 is 0 Å². The predicted octanol–water partition coefficient (Wildman–Crippen LogP) is 3.35. The summed E-state index contributed by atoms with van der Waals surface area (Å²) in [6, 6.07) is 13.9. The maximum Gasteiger partial charge on any atom is 0.310 e. The van der Waals surface area contributed by atoms with E-state index >= 15 is 0 Å². The van der Waals surface area contributed by atoms with Crippen LogP contribution in [0.25, 0.3) is 10.8 Å². The van der Waals surface area contributed by atoms with Gasteiger partial charge in [0.25, 0.3) is 0 Å². The number of hydrogen-bond acceptors (Lipinski definition) is 3. The van der Waals surface area contributed by atoms with Crippen molar-refractivity contribution in [2.75, 3.05) is 5.32 Å². The molecule has 2 bridgehead atoms. The number of alkyl halides is 1. The molecule has 6 atom stereocenters. The summed E-state index contributed by atoms with van der Waals surface area (Å²) in [6.45, 7) is 0. The molecule has 3 fully saturated rings. The fourth-order valence-electron chi connectivity index (χ4n) is 4.82. The highest BCUT2D eigenvalue weighted by molar-refractivity contribution is 9.09. The summed E-state index contributed by atoms with van der Waals surface area (Å²) in [5, 5.41) is 5.24. The third-order valence-electron chi connectivity index (χ3n) is 5.84. The highest BCUT2D eigenvalue weighted by Gasteiger charge is 2.67. The van der Waals surface area contributed by atoms with E-state index in [1.54, 1.807) is 0 Å². The van der Waals surface area contributed by atoms with Crippen molar-refractivity contribution in [1.82, 2.24) is 0 Å². The van der Waals surface area contributed by atoms with Gasteiger partial charge in [-0.05, 0) is 35.2 Å². The zero-order valence-electron chi connectivity index (χ0n) is 12.8. The van der Waals surface area contributed by atoms with Crippen molar-refractivity contribution in [1.29, 1.82) is 0 Å². The van der Waals surface area contributed by atoms with Crippen molar-refractivity contribution in [3.8, 4) is 0 Å². The Kier molecular flexibility index (Phi) is 3.05. The van der Waals surface area contributed by atoms with Crippen LogP contribution < -0.4 is 5.32 Å². The zero-order chi connectivity index (χ0) is 16.4. The van der Waals surface area contributed by atoms with Gasteiger partial charge in [0.2, 0.25) is 5.91 Å². The van der Waals surface area contributed by atoms with Gasteiger partial charge < -0.3 is 10.1 Å². The van der Waals surface area contributed by atoms with Crippen molar-refractivity contribution in [2.24, 2.45) is 23.7 Å². The number of nitrogens with one attached hydrogen (secondary N) is 1. The molecule has 1 amide bonds. The lowest BCUT2D eigenvalue weighted by atomic mass is 9.79. The molecule has 4 nitrogen and oxygen atoms in total. The number of carbonyl (C=O) groups is 2. The van der Waals surface area contributed by atoms with E-state index in [9.17, 15) is 9.59 Å². The molecule has 1 N–H and O–H groups in total. The zero-order valence-corrected chi connectivity index (χ0v) is 14.4. The van der Waals surface area contributed by atoms with Crippen LogP contribution in [0.3, 0.4) is 0 Å². The third-order valence-corrected chi connectivity index (χ3v) is 7.04. The topological polar surface area (TPSA) is 55.4 Å². The summed E-state index contributed by atoms with van der Waals surface area (Å²) in [6.07, 6.45) is 0.851. The SMILES string of the molecule is O=C(Nc1ccc2ccccc2c1)[C@@H]1[C@H]2C[C@H]3[C@H](OC(=O)[C@@H]31)[C@@H]2Br. The normalized spacial score (nSPS) is 36.1. The highest BCUT2D eigenvalue weighted by Crippen LogP contribution is 2.60. The lowest BCUT2D eigenvalue weighted by molar-refractivity contribution is -0.145. The predicted molar refractivity (Wildman–Crippen MR) is 93.7 cm³/mol. The minimum atomic E-state index is -0.294. The molecule has 122 valence electrons. The van der Waals surface area contributed by atoms with Gasteiger partial charge in [-0.1, -0.05) is 46.3 Å². The number of rotatable bonds is 2. The van der Waals surface area contributed by atoms with Gasteiger partial charge in [0.1, 0.15) is 6.10 Å². The summed E-state index contributed by atoms with van der Waals surface area (Å²) in [7, 11) is 0. The fourth-order valence-corrected chi connectivity index (χ4v) is 5.87. The van der Waals surface area contributed by atoms with E-state index in [0.29, 0.717) is 0 Å². The van der Waals surface area contributed by atoms with Crippen molar-refractivity contribution < 1.29 is 14.3 Å². The van der Waals surface area contributed by atoms with Crippen LogP contribution in [0.5, 0.6) is 0 Å². The second kappa shape index (κ2) is 5.06. The van der Waals surface area contributed by atoms with E-state index in [2.05, 4.69) is 21.2 Å². The van der Waals surface area contributed by atoms with Crippen LogP contribution in [-0.2, 0) is 14.3 Å². The number of esters is 1. The molecule has 1 aliphatic heterocycles. The van der Waals surface area contributed by atoms with Crippen LogP contribution >= 0.6 is 15.9 Å². The lowest BCUT2D eigenvalue weighted by Gasteiger charge is -2.27. The Morgan fingerprint density at radius 1 is 1.12 bits per heavy atom. The summed E-state index contributed by atoms with van der Waals surface area (Å²) in [4.78, 5) is 25.1. The third kappa shape index (κ3) is 1.91. The summed E-state index contributed by atoms with van der Waals surface area (Å²) < 4.78 is 5.47. The Morgan fingerprint density at radius 2 is 1.92 bits per heavy atom. The minimum absolute atomic E-state index is 0.0442. The van der Waals surface area contributed by atoms with Crippen LogP contribution in [0.15, 0.2) is 42.5 Å². The number of ether oxygens (including phenoxy) is 1. The Balaban J connectivity index is 1.43. The number of amides is 1. The molecule has 0 spiro atoms. The average molecular weight is 386 g/mol. The first-order valence-corrected chi connectivity index (χ1v) is 9.19. The van der Waals surface area contributed by atoms with Gasteiger partial charge in [-0.15, -0.1) is 0 Å². The van der Waals surface area contributed by atoms with Crippen LogP contribution in [0.4, 0.5) is 5.69 Å². The van der Waals surface area contributed by atoms with E-state index in [0.717, 1.165) is 22.9 Å². The van der Waals surface area contributed by atoms with Crippen LogP contribution in [-0.4, -0.2) is 22.8 Å². The quantitative estimate of drug-likeness (QED) is 0.636. The van der Waals surface area contributed by atoms with Crippen molar-refractivity contribution in [2.45, 2.75) is 17.4 Å². The first kappa shape index (κ1) is 14.5.